The van der Waals surface area contributed by atoms with Gasteiger partial charge < -0.3 is 20.1 Å². The number of likely N-dealkylation sites (tertiary alicyclic amines) is 1. The summed E-state index contributed by atoms with van der Waals surface area (Å²) in [5.41, 5.74) is 2.34. The Morgan fingerprint density at radius 3 is 2.26 bits per heavy atom. The van der Waals surface area contributed by atoms with Crippen molar-refractivity contribution in [3.8, 4) is 0 Å². The summed E-state index contributed by atoms with van der Waals surface area (Å²) in [5.74, 6) is -2.30. The second kappa shape index (κ2) is 13.4. The number of methoxy groups -OCH3 is 1. The molecule has 1 fully saturated rings. The second-order valence-corrected chi connectivity index (χ2v) is 10.6. The summed E-state index contributed by atoms with van der Waals surface area (Å²) < 4.78 is 11.3. The van der Waals surface area contributed by atoms with Crippen LogP contribution in [0, 0.1) is 10.1 Å². The molecule has 1 amide bonds. The van der Waals surface area contributed by atoms with Crippen molar-refractivity contribution < 1.29 is 28.8 Å². The minimum Gasteiger partial charge on any atom is -0.466 e. The van der Waals surface area contributed by atoms with E-state index >= 15 is 0 Å². The van der Waals surface area contributed by atoms with Gasteiger partial charge in [-0.1, -0.05) is 42.5 Å². The molecule has 0 aromatic heterocycles. The van der Waals surface area contributed by atoms with Gasteiger partial charge in [-0.2, -0.15) is 0 Å². The quantitative estimate of drug-likeness (QED) is 0.258. The lowest BCUT2D eigenvalue weighted by atomic mass is 9.80. The van der Waals surface area contributed by atoms with Gasteiger partial charge in [-0.25, -0.2) is 9.59 Å². The molecule has 42 heavy (non-hydrogen) atoms. The SMILES string of the molecule is COC(=O)C1=C(C)NC(C)=C(C(=O)OC(CN2CCC(NC(C)=O)CC2)c2ccccc2)C1c1cccc([N+](=O)[O-])c1. The molecule has 2 aliphatic rings. The summed E-state index contributed by atoms with van der Waals surface area (Å²) in [6, 6.07) is 15.4. The van der Waals surface area contributed by atoms with Gasteiger partial charge in [0.2, 0.25) is 5.91 Å². The van der Waals surface area contributed by atoms with Gasteiger partial charge in [0.05, 0.1) is 29.1 Å². The lowest BCUT2D eigenvalue weighted by Gasteiger charge is -2.35. The first-order valence-electron chi connectivity index (χ1n) is 13.9. The smallest absolute Gasteiger partial charge is 0.337 e. The average Bonchev–Trinajstić information content (AvgIpc) is 2.97. The van der Waals surface area contributed by atoms with Crippen LogP contribution in [0.2, 0.25) is 0 Å². The maximum Gasteiger partial charge on any atom is 0.337 e. The van der Waals surface area contributed by atoms with Gasteiger partial charge in [0.1, 0.15) is 6.10 Å². The summed E-state index contributed by atoms with van der Waals surface area (Å²) in [6.07, 6.45) is 0.936. The second-order valence-electron chi connectivity index (χ2n) is 10.6. The van der Waals surface area contributed by atoms with Gasteiger partial charge in [-0.3, -0.25) is 19.8 Å². The predicted octanol–water partition coefficient (Wildman–Crippen LogP) is 3.89. The number of allylic oxidation sites excluding steroid dienone is 2. The molecule has 1 saturated heterocycles. The Labute approximate surface area is 244 Å². The first-order chi connectivity index (χ1) is 20.1. The van der Waals surface area contributed by atoms with Gasteiger partial charge in [0, 0.05) is 56.1 Å². The maximum absolute atomic E-state index is 14.1. The number of non-ortho nitro benzene ring substituents is 1. The van der Waals surface area contributed by atoms with E-state index in [1.165, 1.54) is 32.2 Å². The number of nitrogens with zero attached hydrogens (tertiary/aromatic N) is 2. The minimum atomic E-state index is -0.948. The summed E-state index contributed by atoms with van der Waals surface area (Å²) in [4.78, 5) is 51.8. The molecule has 0 spiro atoms. The van der Waals surface area contributed by atoms with E-state index in [1.807, 2.05) is 30.3 Å². The number of dihydropyridines is 1. The van der Waals surface area contributed by atoms with Crippen molar-refractivity contribution in [2.24, 2.45) is 0 Å². The van der Waals surface area contributed by atoms with Crippen LogP contribution in [-0.2, 0) is 23.9 Å². The molecule has 0 bridgehead atoms. The van der Waals surface area contributed by atoms with Gasteiger partial charge in [-0.15, -0.1) is 0 Å². The molecule has 11 heteroatoms. The summed E-state index contributed by atoms with van der Waals surface area (Å²) in [7, 11) is 1.25. The van der Waals surface area contributed by atoms with Crippen molar-refractivity contribution in [2.75, 3.05) is 26.7 Å². The van der Waals surface area contributed by atoms with Crippen LogP contribution in [0.1, 0.15) is 56.8 Å². The Hall–Kier alpha value is -4.51. The molecule has 222 valence electrons. The number of rotatable bonds is 9. The summed E-state index contributed by atoms with van der Waals surface area (Å²) in [5, 5.41) is 17.7. The highest BCUT2D eigenvalue weighted by Crippen LogP contribution is 2.41. The molecule has 0 radical (unpaired) electrons. The number of hydrogen-bond acceptors (Lipinski definition) is 9. The Morgan fingerprint density at radius 2 is 1.67 bits per heavy atom. The highest BCUT2D eigenvalue weighted by molar-refractivity contribution is 6.00. The monoisotopic (exact) mass is 576 g/mol. The van der Waals surface area contributed by atoms with Crippen molar-refractivity contribution in [2.45, 2.75) is 51.7 Å². The normalized spacial score (nSPS) is 18.6. The van der Waals surface area contributed by atoms with Crippen LogP contribution in [0.15, 0.2) is 77.1 Å². The number of nitro benzene ring substituents is 1. The molecule has 0 aliphatic carbocycles. The Morgan fingerprint density at radius 1 is 1.02 bits per heavy atom. The molecule has 2 unspecified atom stereocenters. The molecule has 2 aromatic rings. The van der Waals surface area contributed by atoms with Gasteiger partial charge >= 0.3 is 11.9 Å². The summed E-state index contributed by atoms with van der Waals surface area (Å²) in [6.45, 7) is 6.79. The number of carbonyl (C=O) groups is 3. The van der Waals surface area contributed by atoms with E-state index in [2.05, 4.69) is 15.5 Å². The molecule has 2 atom stereocenters. The maximum atomic E-state index is 14.1. The number of benzene rings is 2. The van der Waals surface area contributed by atoms with E-state index in [0.29, 0.717) is 23.5 Å². The highest BCUT2D eigenvalue weighted by atomic mass is 16.6. The van der Waals surface area contributed by atoms with Crippen LogP contribution in [0.3, 0.4) is 0 Å². The van der Waals surface area contributed by atoms with E-state index < -0.39 is 28.9 Å². The fraction of sp³-hybridized carbons (Fsp3) is 0.387. The number of piperidine rings is 1. The lowest BCUT2D eigenvalue weighted by molar-refractivity contribution is -0.384. The number of carbonyl (C=O) groups excluding carboxylic acids is 3. The van der Waals surface area contributed by atoms with Crippen LogP contribution >= 0.6 is 0 Å². The van der Waals surface area contributed by atoms with Crippen molar-refractivity contribution in [3.05, 3.63) is 98.4 Å². The van der Waals surface area contributed by atoms with Crippen molar-refractivity contribution >= 4 is 23.5 Å². The van der Waals surface area contributed by atoms with E-state index in [4.69, 9.17) is 9.47 Å². The Kier molecular flexibility index (Phi) is 9.74. The van der Waals surface area contributed by atoms with Gasteiger partial charge in [-0.05, 0) is 37.8 Å². The van der Waals surface area contributed by atoms with Gasteiger partial charge in [0.15, 0.2) is 0 Å². The first kappa shape index (κ1) is 30.4. The van der Waals surface area contributed by atoms with E-state index in [9.17, 15) is 24.5 Å². The number of nitrogens with one attached hydrogen (secondary N) is 2. The number of nitro groups is 1. The predicted molar refractivity (Wildman–Crippen MR) is 155 cm³/mol. The zero-order chi connectivity index (χ0) is 30.4. The topological polar surface area (TPSA) is 140 Å². The van der Waals surface area contributed by atoms with Crippen LogP contribution in [0.4, 0.5) is 5.69 Å². The molecule has 2 aromatic carbocycles. The highest BCUT2D eigenvalue weighted by Gasteiger charge is 2.39. The zero-order valence-corrected chi connectivity index (χ0v) is 24.2. The first-order valence-corrected chi connectivity index (χ1v) is 13.9. The molecule has 2 aliphatic heterocycles. The number of hydrogen-bond donors (Lipinski definition) is 2. The van der Waals surface area contributed by atoms with Crippen LogP contribution in [-0.4, -0.2) is 60.5 Å². The third-order valence-electron chi connectivity index (χ3n) is 7.64. The fourth-order valence-corrected chi connectivity index (χ4v) is 5.65. The molecule has 0 saturated carbocycles. The van der Waals surface area contributed by atoms with Crippen LogP contribution in [0.5, 0.6) is 0 Å². The van der Waals surface area contributed by atoms with Crippen LogP contribution in [0.25, 0.3) is 0 Å². The average molecular weight is 577 g/mol. The van der Waals surface area contributed by atoms with E-state index in [0.717, 1.165) is 31.5 Å². The largest absolute Gasteiger partial charge is 0.466 e. The molecular formula is C31H36N4O7. The molecule has 2 heterocycles. The lowest BCUT2D eigenvalue weighted by Crippen LogP contribution is -2.45. The fourth-order valence-electron chi connectivity index (χ4n) is 5.65. The zero-order valence-electron chi connectivity index (χ0n) is 24.2. The summed E-state index contributed by atoms with van der Waals surface area (Å²) >= 11 is 0. The number of esters is 2. The Balaban J connectivity index is 1.66. The van der Waals surface area contributed by atoms with E-state index in [-0.39, 0.29) is 28.8 Å². The number of amides is 1. The number of ether oxygens (including phenoxy) is 2. The molecule has 2 N–H and O–H groups in total. The van der Waals surface area contributed by atoms with E-state index in [1.54, 1.807) is 19.9 Å². The molecular weight excluding hydrogens is 540 g/mol. The third kappa shape index (κ3) is 7.03. The van der Waals surface area contributed by atoms with Crippen molar-refractivity contribution in [1.29, 1.82) is 0 Å². The standard InChI is InChI=1S/C31H36N4O7/c1-19-27(30(37)41-4)29(23-11-8-12-25(17-23)35(39)40)28(20(2)32-19)31(38)42-26(22-9-6-5-7-10-22)18-34-15-13-24(14-16-34)33-21(3)36/h5-12,17,24,26,29,32H,13-16,18H2,1-4H3,(H,33,36). The minimum absolute atomic E-state index is 0.0526. The van der Waals surface area contributed by atoms with Crippen molar-refractivity contribution in [3.63, 3.8) is 0 Å². The van der Waals surface area contributed by atoms with Gasteiger partial charge in [0.25, 0.3) is 5.69 Å². The molecule has 4 rings (SSSR count). The molecule has 11 nitrogen and oxygen atoms in total. The Bertz CT molecular complexity index is 1410. The third-order valence-corrected chi connectivity index (χ3v) is 7.64. The van der Waals surface area contributed by atoms with Crippen molar-refractivity contribution in [1.82, 2.24) is 15.5 Å². The van der Waals surface area contributed by atoms with Crippen LogP contribution < -0.4 is 10.6 Å².